The fourth-order valence-corrected chi connectivity index (χ4v) is 3.22. The Kier molecular flexibility index (Phi) is 5.42. The molecule has 2 aromatic rings. The van der Waals surface area contributed by atoms with Crippen LogP contribution in [0.2, 0.25) is 0 Å². The molecule has 134 valence electrons. The molecule has 8 heteroatoms. The highest BCUT2D eigenvalue weighted by atomic mass is 19.1. The Bertz CT molecular complexity index is 783. The van der Waals surface area contributed by atoms with Gasteiger partial charge in [-0.05, 0) is 18.1 Å². The molecule has 0 aliphatic carbocycles. The molecule has 1 aliphatic rings. The normalized spacial score (nSPS) is 19.7. The molecule has 2 aromatic heterocycles. The topological polar surface area (TPSA) is 96.5 Å². The van der Waals surface area contributed by atoms with E-state index in [-0.39, 0.29) is 11.7 Å². The fraction of sp³-hybridized carbons (Fsp3) is 0.412. The lowest BCUT2D eigenvalue weighted by Crippen LogP contribution is -2.25. The number of hydrogen-bond acceptors (Lipinski definition) is 7. The number of aromatic nitrogens is 2. The summed E-state index contributed by atoms with van der Waals surface area (Å²) in [4.78, 5) is 10.6. The third-order valence-corrected chi connectivity index (χ3v) is 4.57. The van der Waals surface area contributed by atoms with Crippen LogP contribution < -0.4 is 16.0 Å². The molecule has 1 fully saturated rings. The summed E-state index contributed by atoms with van der Waals surface area (Å²) < 4.78 is 19.5. The van der Waals surface area contributed by atoms with E-state index in [1.165, 1.54) is 13.3 Å². The number of rotatable bonds is 6. The van der Waals surface area contributed by atoms with Crippen LogP contribution in [0.5, 0.6) is 5.88 Å². The average Bonchev–Trinajstić information content (AvgIpc) is 3.02. The van der Waals surface area contributed by atoms with Gasteiger partial charge < -0.3 is 10.5 Å². The predicted molar refractivity (Wildman–Crippen MR) is 91.7 cm³/mol. The van der Waals surface area contributed by atoms with Crippen molar-refractivity contribution in [1.82, 2.24) is 20.3 Å². The van der Waals surface area contributed by atoms with Crippen molar-refractivity contribution in [3.8, 4) is 5.88 Å². The van der Waals surface area contributed by atoms with Crippen molar-refractivity contribution in [3.63, 3.8) is 0 Å². The van der Waals surface area contributed by atoms with E-state index in [2.05, 4.69) is 20.3 Å². The van der Waals surface area contributed by atoms with Crippen molar-refractivity contribution in [1.29, 1.82) is 0 Å². The average molecular weight is 347 g/mol. The van der Waals surface area contributed by atoms with Crippen LogP contribution in [-0.2, 0) is 6.42 Å². The molecule has 1 atom stereocenters. The Morgan fingerprint density at radius 1 is 1.52 bits per heavy atom. The van der Waals surface area contributed by atoms with E-state index in [1.807, 2.05) is 0 Å². The van der Waals surface area contributed by atoms with E-state index < -0.39 is 0 Å². The van der Waals surface area contributed by atoms with Gasteiger partial charge in [0, 0.05) is 49.9 Å². The molecule has 0 amide bonds. The molecule has 0 bridgehead atoms. The number of fused-ring (bicyclic) bond motifs is 1. The summed E-state index contributed by atoms with van der Waals surface area (Å²) in [6.45, 7) is 2.64. The summed E-state index contributed by atoms with van der Waals surface area (Å²) in [5.74, 6) is 0.261. The summed E-state index contributed by atoms with van der Waals surface area (Å²) in [7, 11) is 1.53. The van der Waals surface area contributed by atoms with Crippen LogP contribution in [0.1, 0.15) is 5.56 Å². The SMILES string of the molecule is COc1ccc2ncc(F)c(CCN3CC(=CNO)[C@H](CN)C3)c2n1. The van der Waals surface area contributed by atoms with E-state index in [9.17, 15) is 4.39 Å². The van der Waals surface area contributed by atoms with Gasteiger partial charge in [-0.15, -0.1) is 0 Å². The molecule has 25 heavy (non-hydrogen) atoms. The van der Waals surface area contributed by atoms with Crippen molar-refractivity contribution in [2.75, 3.05) is 33.3 Å². The highest BCUT2D eigenvalue weighted by Crippen LogP contribution is 2.24. The van der Waals surface area contributed by atoms with E-state index in [4.69, 9.17) is 15.7 Å². The van der Waals surface area contributed by atoms with Crippen molar-refractivity contribution in [2.24, 2.45) is 11.7 Å². The lowest BCUT2D eigenvalue weighted by Gasteiger charge is -2.16. The molecule has 0 unspecified atom stereocenters. The number of pyridine rings is 2. The number of ether oxygens (including phenoxy) is 1. The number of likely N-dealkylation sites (tertiary alicyclic amines) is 1. The first-order valence-electron chi connectivity index (χ1n) is 8.15. The number of hydroxylamine groups is 1. The standard InChI is InChI=1S/C17H22FN5O2/c1-25-16-3-2-15-17(22-16)13(14(18)8-20-15)4-5-23-9-11(6-19)12(10-23)7-21-24/h2-3,7-8,11,21,24H,4-6,9-10,19H2,1H3/t11-/m1/s1. The highest BCUT2D eigenvalue weighted by molar-refractivity contribution is 5.78. The van der Waals surface area contributed by atoms with Crippen LogP contribution >= 0.6 is 0 Å². The van der Waals surface area contributed by atoms with Crippen LogP contribution in [0.25, 0.3) is 11.0 Å². The first kappa shape index (κ1) is 17.5. The summed E-state index contributed by atoms with van der Waals surface area (Å²) in [5, 5.41) is 8.88. The minimum atomic E-state index is -0.365. The lowest BCUT2D eigenvalue weighted by atomic mass is 10.1. The van der Waals surface area contributed by atoms with Gasteiger partial charge in [0.2, 0.25) is 5.88 Å². The number of hydrogen-bond donors (Lipinski definition) is 3. The van der Waals surface area contributed by atoms with Gasteiger partial charge in [0.1, 0.15) is 5.82 Å². The minimum Gasteiger partial charge on any atom is -0.481 e. The Balaban J connectivity index is 1.79. The maximum atomic E-state index is 14.3. The molecule has 0 saturated carbocycles. The Hall–Kier alpha value is -2.29. The van der Waals surface area contributed by atoms with Crippen molar-refractivity contribution in [3.05, 3.63) is 41.5 Å². The Morgan fingerprint density at radius 3 is 3.08 bits per heavy atom. The number of nitrogens with two attached hydrogens (primary N) is 1. The molecule has 3 rings (SSSR count). The van der Waals surface area contributed by atoms with E-state index in [0.29, 0.717) is 48.5 Å². The molecule has 0 aromatic carbocycles. The highest BCUT2D eigenvalue weighted by Gasteiger charge is 2.26. The second kappa shape index (κ2) is 7.73. The van der Waals surface area contributed by atoms with Crippen LogP contribution in [0.4, 0.5) is 4.39 Å². The fourth-order valence-electron chi connectivity index (χ4n) is 3.22. The van der Waals surface area contributed by atoms with Gasteiger partial charge in [-0.3, -0.25) is 20.6 Å². The zero-order valence-electron chi connectivity index (χ0n) is 14.1. The molecular formula is C17H22FN5O2. The number of methoxy groups -OCH3 is 1. The molecule has 1 saturated heterocycles. The van der Waals surface area contributed by atoms with Crippen molar-refractivity contribution in [2.45, 2.75) is 6.42 Å². The number of halogens is 1. The summed E-state index contributed by atoms with van der Waals surface area (Å²) >= 11 is 0. The summed E-state index contributed by atoms with van der Waals surface area (Å²) in [6.07, 6.45) is 3.31. The molecular weight excluding hydrogens is 325 g/mol. The largest absolute Gasteiger partial charge is 0.481 e. The minimum absolute atomic E-state index is 0.192. The van der Waals surface area contributed by atoms with Gasteiger partial charge in [0.25, 0.3) is 0 Å². The zero-order chi connectivity index (χ0) is 17.8. The first-order chi connectivity index (χ1) is 12.2. The Labute approximate surface area is 145 Å². The molecule has 0 radical (unpaired) electrons. The van der Waals surface area contributed by atoms with Crippen LogP contribution in [-0.4, -0.2) is 53.4 Å². The van der Waals surface area contributed by atoms with Crippen molar-refractivity contribution >= 4 is 11.0 Å². The molecule has 4 N–H and O–H groups in total. The quantitative estimate of drug-likeness (QED) is 0.673. The molecule has 3 heterocycles. The van der Waals surface area contributed by atoms with Crippen molar-refractivity contribution < 1.29 is 14.3 Å². The smallest absolute Gasteiger partial charge is 0.213 e. The predicted octanol–water partition coefficient (Wildman–Crippen LogP) is 1.07. The van der Waals surface area contributed by atoms with Gasteiger partial charge >= 0.3 is 0 Å². The Morgan fingerprint density at radius 2 is 2.36 bits per heavy atom. The van der Waals surface area contributed by atoms with Crippen LogP contribution in [0.3, 0.4) is 0 Å². The van der Waals surface area contributed by atoms with Gasteiger partial charge in [0.15, 0.2) is 0 Å². The second-order valence-electron chi connectivity index (χ2n) is 6.07. The van der Waals surface area contributed by atoms with Gasteiger partial charge in [0.05, 0.1) is 24.3 Å². The van der Waals surface area contributed by atoms with Gasteiger partial charge in [-0.25, -0.2) is 9.37 Å². The number of nitrogens with zero attached hydrogens (tertiary/aromatic N) is 3. The molecule has 7 nitrogen and oxygen atoms in total. The number of nitrogens with one attached hydrogen (secondary N) is 1. The van der Waals surface area contributed by atoms with E-state index in [1.54, 1.807) is 18.3 Å². The third kappa shape index (κ3) is 3.71. The van der Waals surface area contributed by atoms with E-state index in [0.717, 1.165) is 12.1 Å². The van der Waals surface area contributed by atoms with Crippen LogP contribution in [0.15, 0.2) is 30.1 Å². The summed E-state index contributed by atoms with van der Waals surface area (Å²) in [5.41, 5.74) is 10.6. The summed E-state index contributed by atoms with van der Waals surface area (Å²) in [6, 6.07) is 3.49. The maximum Gasteiger partial charge on any atom is 0.213 e. The van der Waals surface area contributed by atoms with E-state index >= 15 is 0 Å². The van der Waals surface area contributed by atoms with Gasteiger partial charge in [-0.2, -0.15) is 0 Å². The monoisotopic (exact) mass is 347 g/mol. The molecule has 1 aliphatic heterocycles. The second-order valence-corrected chi connectivity index (χ2v) is 6.07. The first-order valence-corrected chi connectivity index (χ1v) is 8.15. The molecule has 0 spiro atoms. The van der Waals surface area contributed by atoms with Crippen LogP contribution in [0, 0.1) is 11.7 Å². The maximum absolute atomic E-state index is 14.3. The van der Waals surface area contributed by atoms with Gasteiger partial charge in [-0.1, -0.05) is 0 Å². The zero-order valence-corrected chi connectivity index (χ0v) is 14.1. The third-order valence-electron chi connectivity index (χ3n) is 4.57. The lowest BCUT2D eigenvalue weighted by molar-refractivity contribution is 0.212.